The normalized spacial score (nSPS) is 14.3. The third-order valence-corrected chi connectivity index (χ3v) is 4.72. The number of esters is 1. The van der Waals surface area contributed by atoms with Crippen LogP contribution in [-0.4, -0.2) is 56.9 Å². The van der Waals surface area contributed by atoms with Crippen LogP contribution in [0.3, 0.4) is 0 Å². The second-order valence-corrected chi connectivity index (χ2v) is 6.62. The molecular formula is C20H30N2O5. The van der Waals surface area contributed by atoms with Crippen LogP contribution in [0.25, 0.3) is 0 Å². The summed E-state index contributed by atoms with van der Waals surface area (Å²) in [7, 11) is 2.96. The minimum atomic E-state index is -0.332. The van der Waals surface area contributed by atoms with Gasteiger partial charge in [-0.05, 0) is 37.1 Å². The number of hydrogen-bond donors (Lipinski definition) is 1. The van der Waals surface area contributed by atoms with Crippen molar-refractivity contribution in [2.75, 3.05) is 33.9 Å². The van der Waals surface area contributed by atoms with Crippen molar-refractivity contribution in [3.8, 4) is 11.5 Å². The van der Waals surface area contributed by atoms with Crippen LogP contribution in [0.4, 0.5) is 4.79 Å². The van der Waals surface area contributed by atoms with E-state index in [2.05, 4.69) is 10.1 Å². The van der Waals surface area contributed by atoms with Crippen molar-refractivity contribution in [1.29, 1.82) is 0 Å². The van der Waals surface area contributed by atoms with Crippen LogP contribution in [0, 0.1) is 0 Å². The molecule has 27 heavy (non-hydrogen) atoms. The monoisotopic (exact) mass is 378 g/mol. The molecule has 0 aromatic heterocycles. The first-order chi connectivity index (χ1) is 13.1. The highest BCUT2D eigenvalue weighted by Gasteiger charge is 2.20. The molecule has 1 aromatic carbocycles. The van der Waals surface area contributed by atoms with Gasteiger partial charge >= 0.3 is 12.0 Å². The van der Waals surface area contributed by atoms with Crippen LogP contribution >= 0.6 is 0 Å². The third-order valence-electron chi connectivity index (χ3n) is 4.72. The summed E-state index contributed by atoms with van der Waals surface area (Å²) in [6.45, 7) is 1.03. The molecule has 2 rings (SSSR count). The number of benzene rings is 1. The highest BCUT2D eigenvalue weighted by molar-refractivity contribution is 5.76. The summed E-state index contributed by atoms with van der Waals surface area (Å²) in [6, 6.07) is 7.35. The molecule has 0 aliphatic heterocycles. The summed E-state index contributed by atoms with van der Waals surface area (Å²) in [5, 5.41) is 3.09. The fraction of sp³-hybridized carbons (Fsp3) is 0.600. The van der Waals surface area contributed by atoms with Crippen molar-refractivity contribution in [3.05, 3.63) is 24.3 Å². The largest absolute Gasteiger partial charge is 0.497 e. The molecule has 0 saturated heterocycles. The quantitative estimate of drug-likeness (QED) is 0.669. The van der Waals surface area contributed by atoms with Crippen LogP contribution in [0.2, 0.25) is 0 Å². The minimum Gasteiger partial charge on any atom is -0.497 e. The number of urea groups is 1. The number of carbonyl (C=O) groups is 2. The molecule has 0 radical (unpaired) electrons. The van der Waals surface area contributed by atoms with Crippen LogP contribution < -0.4 is 14.8 Å². The van der Waals surface area contributed by atoms with Crippen molar-refractivity contribution in [2.24, 2.45) is 0 Å². The molecule has 150 valence electrons. The highest BCUT2D eigenvalue weighted by Crippen LogP contribution is 2.18. The first kappa shape index (κ1) is 20.9. The Hall–Kier alpha value is -2.44. The Kier molecular flexibility index (Phi) is 8.74. The second kappa shape index (κ2) is 11.3. The van der Waals surface area contributed by atoms with Gasteiger partial charge in [0.15, 0.2) is 0 Å². The maximum absolute atomic E-state index is 12.6. The average Bonchev–Trinajstić information content (AvgIpc) is 2.71. The van der Waals surface area contributed by atoms with Crippen molar-refractivity contribution >= 4 is 12.0 Å². The third kappa shape index (κ3) is 7.37. The molecule has 0 atom stereocenters. The van der Waals surface area contributed by atoms with E-state index >= 15 is 0 Å². The Bertz CT molecular complexity index is 585. The SMILES string of the molecule is COC(=O)CCN(CCOc1ccc(OC)cc1)C(=O)NC1CCCCC1. The Morgan fingerprint density at radius 3 is 2.33 bits per heavy atom. The Morgan fingerprint density at radius 2 is 1.70 bits per heavy atom. The lowest BCUT2D eigenvalue weighted by atomic mass is 9.96. The summed E-state index contributed by atoms with van der Waals surface area (Å²) < 4.78 is 15.5. The predicted octanol–water partition coefficient (Wildman–Crippen LogP) is 2.98. The molecule has 0 bridgehead atoms. The molecular weight excluding hydrogens is 348 g/mol. The molecule has 7 nitrogen and oxygen atoms in total. The zero-order valence-electron chi connectivity index (χ0n) is 16.2. The standard InChI is InChI=1S/C20H30N2O5/c1-25-17-8-10-18(11-9-17)27-15-14-22(13-12-19(23)26-2)20(24)21-16-6-4-3-5-7-16/h8-11,16H,3-7,12-15H2,1-2H3,(H,21,24). The van der Waals surface area contributed by atoms with E-state index in [1.54, 1.807) is 12.0 Å². The maximum atomic E-state index is 12.6. The smallest absolute Gasteiger partial charge is 0.317 e. The molecule has 1 fully saturated rings. The van der Waals surface area contributed by atoms with Gasteiger partial charge in [-0.2, -0.15) is 0 Å². The van der Waals surface area contributed by atoms with Crippen molar-refractivity contribution < 1.29 is 23.8 Å². The summed E-state index contributed by atoms with van der Waals surface area (Å²) in [6.07, 6.45) is 5.71. The van der Waals surface area contributed by atoms with E-state index in [-0.39, 0.29) is 24.5 Å². The Morgan fingerprint density at radius 1 is 1.04 bits per heavy atom. The summed E-state index contributed by atoms with van der Waals surface area (Å²) in [5.74, 6) is 1.13. The van der Waals surface area contributed by atoms with Gasteiger partial charge in [0, 0.05) is 12.6 Å². The van der Waals surface area contributed by atoms with Gasteiger partial charge in [-0.1, -0.05) is 19.3 Å². The molecule has 0 spiro atoms. The maximum Gasteiger partial charge on any atom is 0.317 e. The van der Waals surface area contributed by atoms with E-state index in [0.717, 1.165) is 31.4 Å². The van der Waals surface area contributed by atoms with Gasteiger partial charge in [0.1, 0.15) is 18.1 Å². The Balaban J connectivity index is 1.85. The molecule has 0 heterocycles. The van der Waals surface area contributed by atoms with Gasteiger partial charge in [0.2, 0.25) is 0 Å². The van der Waals surface area contributed by atoms with Gasteiger partial charge in [0.25, 0.3) is 0 Å². The van der Waals surface area contributed by atoms with Crippen LogP contribution in [0.5, 0.6) is 11.5 Å². The van der Waals surface area contributed by atoms with Gasteiger partial charge < -0.3 is 24.4 Å². The van der Waals surface area contributed by atoms with Gasteiger partial charge in [0.05, 0.1) is 27.2 Å². The topological polar surface area (TPSA) is 77.1 Å². The fourth-order valence-corrected chi connectivity index (χ4v) is 3.10. The number of nitrogens with one attached hydrogen (secondary N) is 1. The number of nitrogens with zero attached hydrogens (tertiary/aromatic N) is 1. The van der Waals surface area contributed by atoms with Gasteiger partial charge in [-0.3, -0.25) is 4.79 Å². The van der Waals surface area contributed by atoms with Crippen LogP contribution in [-0.2, 0) is 9.53 Å². The lowest BCUT2D eigenvalue weighted by molar-refractivity contribution is -0.140. The van der Waals surface area contributed by atoms with E-state index < -0.39 is 0 Å². The zero-order valence-corrected chi connectivity index (χ0v) is 16.2. The first-order valence-corrected chi connectivity index (χ1v) is 9.51. The van der Waals surface area contributed by atoms with Crippen LogP contribution in [0.1, 0.15) is 38.5 Å². The van der Waals surface area contributed by atoms with Gasteiger partial charge in [-0.15, -0.1) is 0 Å². The van der Waals surface area contributed by atoms with E-state index in [1.165, 1.54) is 13.5 Å². The molecule has 1 aliphatic rings. The molecule has 1 aliphatic carbocycles. The van der Waals surface area contributed by atoms with E-state index in [4.69, 9.17) is 9.47 Å². The van der Waals surface area contributed by atoms with E-state index in [9.17, 15) is 9.59 Å². The molecule has 0 unspecified atom stereocenters. The molecule has 1 saturated carbocycles. The molecule has 1 N–H and O–H groups in total. The molecule has 2 amide bonds. The zero-order chi connectivity index (χ0) is 19.5. The van der Waals surface area contributed by atoms with Crippen molar-refractivity contribution in [3.63, 3.8) is 0 Å². The second-order valence-electron chi connectivity index (χ2n) is 6.62. The number of methoxy groups -OCH3 is 2. The van der Waals surface area contributed by atoms with Crippen LogP contribution in [0.15, 0.2) is 24.3 Å². The molecule has 7 heteroatoms. The van der Waals surface area contributed by atoms with Gasteiger partial charge in [-0.25, -0.2) is 4.79 Å². The average molecular weight is 378 g/mol. The summed E-state index contributed by atoms with van der Waals surface area (Å²) in [4.78, 5) is 25.7. The van der Waals surface area contributed by atoms with Crippen molar-refractivity contribution in [2.45, 2.75) is 44.6 Å². The summed E-state index contributed by atoms with van der Waals surface area (Å²) in [5.41, 5.74) is 0. The molecule has 1 aromatic rings. The fourth-order valence-electron chi connectivity index (χ4n) is 3.10. The summed E-state index contributed by atoms with van der Waals surface area (Å²) >= 11 is 0. The first-order valence-electron chi connectivity index (χ1n) is 9.51. The number of ether oxygens (including phenoxy) is 3. The lowest BCUT2D eigenvalue weighted by Gasteiger charge is -2.28. The van der Waals surface area contributed by atoms with Crippen molar-refractivity contribution in [1.82, 2.24) is 10.2 Å². The highest BCUT2D eigenvalue weighted by atomic mass is 16.5. The predicted molar refractivity (Wildman–Crippen MR) is 102 cm³/mol. The minimum absolute atomic E-state index is 0.149. The lowest BCUT2D eigenvalue weighted by Crippen LogP contribution is -2.47. The number of hydrogen-bond acceptors (Lipinski definition) is 5. The van der Waals surface area contributed by atoms with E-state index in [1.807, 2.05) is 24.3 Å². The number of amides is 2. The Labute approximate surface area is 161 Å². The number of rotatable bonds is 9. The number of carbonyl (C=O) groups excluding carboxylic acids is 2. The van der Waals surface area contributed by atoms with E-state index in [0.29, 0.717) is 25.4 Å².